The molecule has 4 bridgehead atoms. The fourth-order valence-corrected chi connectivity index (χ4v) is 8.74. The van der Waals surface area contributed by atoms with Crippen molar-refractivity contribution in [2.24, 2.45) is 11.8 Å². The van der Waals surface area contributed by atoms with Gasteiger partial charge in [0, 0.05) is 16.8 Å². The predicted molar refractivity (Wildman–Crippen MR) is 130 cm³/mol. The lowest BCUT2D eigenvalue weighted by Crippen LogP contribution is -2.64. The van der Waals surface area contributed by atoms with Crippen LogP contribution in [0.2, 0.25) is 0 Å². The number of hydrogen-bond donors (Lipinski definition) is 2. The first-order valence-corrected chi connectivity index (χ1v) is 13.5. The van der Waals surface area contributed by atoms with Gasteiger partial charge >= 0.3 is 6.03 Å². The Kier molecular flexibility index (Phi) is 5.09. The molecule has 5 aliphatic rings. The van der Waals surface area contributed by atoms with E-state index in [1.165, 1.54) is 68.2 Å². The van der Waals surface area contributed by atoms with Crippen LogP contribution in [-0.4, -0.2) is 16.6 Å². The van der Waals surface area contributed by atoms with Crippen molar-refractivity contribution in [3.8, 4) is 0 Å². The molecule has 5 heteroatoms. The van der Waals surface area contributed by atoms with Gasteiger partial charge in [-0.3, -0.25) is 5.32 Å². The van der Waals surface area contributed by atoms with Crippen LogP contribution in [0.15, 0.2) is 29.6 Å². The van der Waals surface area contributed by atoms with Crippen LogP contribution in [0, 0.1) is 18.8 Å². The van der Waals surface area contributed by atoms with Crippen LogP contribution >= 0.6 is 11.3 Å². The van der Waals surface area contributed by atoms with Crippen molar-refractivity contribution >= 4 is 22.5 Å². The van der Waals surface area contributed by atoms with Gasteiger partial charge in [0.2, 0.25) is 0 Å². The van der Waals surface area contributed by atoms with E-state index in [-0.39, 0.29) is 17.0 Å². The molecule has 32 heavy (non-hydrogen) atoms. The Morgan fingerprint density at radius 1 is 1.03 bits per heavy atom. The average Bonchev–Trinajstić information content (AvgIpc) is 3.21. The molecule has 0 radical (unpaired) electrons. The molecule has 0 saturated heterocycles. The third-order valence-electron chi connectivity index (χ3n) is 8.87. The number of benzene rings is 1. The first-order valence-electron chi connectivity index (χ1n) is 12.6. The highest BCUT2D eigenvalue weighted by Crippen LogP contribution is 2.62. The number of amides is 2. The summed E-state index contributed by atoms with van der Waals surface area (Å²) in [5, 5.41) is 9.48. The Morgan fingerprint density at radius 2 is 1.75 bits per heavy atom. The van der Waals surface area contributed by atoms with Gasteiger partial charge < -0.3 is 5.32 Å². The van der Waals surface area contributed by atoms with Crippen LogP contribution in [0.5, 0.6) is 0 Å². The van der Waals surface area contributed by atoms with Gasteiger partial charge in [0.1, 0.15) is 0 Å². The second-order valence-electron chi connectivity index (χ2n) is 11.4. The van der Waals surface area contributed by atoms with E-state index in [9.17, 15) is 4.79 Å². The Labute approximate surface area is 195 Å². The molecular formula is C27H35N3OS. The van der Waals surface area contributed by atoms with Gasteiger partial charge in [-0.1, -0.05) is 49.1 Å². The van der Waals surface area contributed by atoms with Crippen molar-refractivity contribution in [1.29, 1.82) is 0 Å². The molecule has 2 amide bonds. The molecule has 2 aromatic rings. The lowest BCUT2D eigenvalue weighted by Gasteiger charge is -2.62. The number of anilines is 1. The minimum absolute atomic E-state index is 0.0597. The Balaban J connectivity index is 1.17. The minimum Gasteiger partial charge on any atom is -0.332 e. The van der Waals surface area contributed by atoms with Crippen LogP contribution in [-0.2, 0) is 5.41 Å². The summed E-state index contributed by atoms with van der Waals surface area (Å²) in [4.78, 5) is 17.9. The maximum absolute atomic E-state index is 13.1. The summed E-state index contributed by atoms with van der Waals surface area (Å²) in [6.45, 7) is 2.16. The van der Waals surface area contributed by atoms with Gasteiger partial charge in [-0.2, -0.15) is 0 Å². The normalized spacial score (nSPS) is 33.9. The number of thiazole rings is 1. The number of aryl methyl sites for hydroxylation is 1. The summed E-state index contributed by atoms with van der Waals surface area (Å²) in [5.74, 6) is 2.04. The molecule has 2 atom stereocenters. The van der Waals surface area contributed by atoms with Crippen molar-refractivity contribution in [1.82, 2.24) is 10.3 Å². The van der Waals surface area contributed by atoms with Crippen LogP contribution in [0.25, 0.3) is 0 Å². The summed E-state index contributed by atoms with van der Waals surface area (Å²) in [6, 6.07) is 9.15. The smallest absolute Gasteiger partial charge is 0.321 e. The van der Waals surface area contributed by atoms with E-state index in [0.29, 0.717) is 5.92 Å². The zero-order valence-electron chi connectivity index (χ0n) is 19.2. The molecule has 1 aromatic carbocycles. The van der Waals surface area contributed by atoms with E-state index in [4.69, 9.17) is 4.98 Å². The second kappa shape index (κ2) is 7.86. The molecule has 0 spiro atoms. The third-order valence-corrected chi connectivity index (χ3v) is 9.65. The fraction of sp³-hybridized carbons (Fsp3) is 0.630. The summed E-state index contributed by atoms with van der Waals surface area (Å²) >= 11 is 1.58. The molecule has 2 N–H and O–H groups in total. The van der Waals surface area contributed by atoms with E-state index < -0.39 is 0 Å². The van der Waals surface area contributed by atoms with Gasteiger partial charge in [0.05, 0.1) is 5.69 Å². The maximum atomic E-state index is 13.1. The van der Waals surface area contributed by atoms with E-state index in [2.05, 4.69) is 47.2 Å². The average molecular weight is 450 g/mol. The fourth-order valence-electron chi connectivity index (χ4n) is 7.95. The summed E-state index contributed by atoms with van der Waals surface area (Å²) < 4.78 is 0. The Hall–Kier alpha value is -1.88. The number of carbonyl (C=O) groups excluding carboxylic acids is 1. The molecule has 0 aliphatic heterocycles. The highest BCUT2D eigenvalue weighted by atomic mass is 32.1. The van der Waals surface area contributed by atoms with Crippen molar-refractivity contribution in [2.45, 2.75) is 94.4 Å². The number of hydrogen-bond acceptors (Lipinski definition) is 3. The zero-order valence-corrected chi connectivity index (χ0v) is 20.0. The van der Waals surface area contributed by atoms with E-state index in [1.807, 2.05) is 0 Å². The molecule has 4 nitrogen and oxygen atoms in total. The molecule has 1 aromatic heterocycles. The summed E-state index contributed by atoms with van der Waals surface area (Å²) in [5.41, 5.74) is 4.16. The van der Waals surface area contributed by atoms with E-state index in [0.717, 1.165) is 36.2 Å². The number of carbonyl (C=O) groups is 1. The molecule has 170 valence electrons. The second-order valence-corrected chi connectivity index (χ2v) is 12.2. The topological polar surface area (TPSA) is 54.0 Å². The molecule has 1 heterocycles. The number of nitrogens with one attached hydrogen (secondary N) is 2. The monoisotopic (exact) mass is 449 g/mol. The number of nitrogens with zero attached hydrogens (tertiary/aromatic N) is 1. The summed E-state index contributed by atoms with van der Waals surface area (Å²) in [7, 11) is 0. The van der Waals surface area contributed by atoms with E-state index >= 15 is 0 Å². The van der Waals surface area contributed by atoms with E-state index in [1.54, 1.807) is 11.3 Å². The van der Waals surface area contributed by atoms with Gasteiger partial charge in [-0.05, 0) is 81.1 Å². The lowest BCUT2D eigenvalue weighted by atomic mass is 9.45. The van der Waals surface area contributed by atoms with Crippen molar-refractivity contribution < 1.29 is 4.79 Å². The molecular weight excluding hydrogens is 414 g/mol. The van der Waals surface area contributed by atoms with Crippen molar-refractivity contribution in [2.75, 3.05) is 5.32 Å². The number of rotatable bonds is 4. The largest absolute Gasteiger partial charge is 0.332 e. The van der Waals surface area contributed by atoms with Gasteiger partial charge in [-0.25, -0.2) is 9.78 Å². The molecule has 5 aliphatic carbocycles. The molecule has 2 unspecified atom stereocenters. The number of urea groups is 1. The quantitative estimate of drug-likeness (QED) is 0.533. The van der Waals surface area contributed by atoms with Gasteiger partial charge in [0.15, 0.2) is 5.13 Å². The van der Waals surface area contributed by atoms with Gasteiger partial charge in [0.25, 0.3) is 0 Å². The first kappa shape index (κ1) is 20.7. The van der Waals surface area contributed by atoms with Crippen LogP contribution in [0.3, 0.4) is 0 Å². The molecule has 7 rings (SSSR count). The van der Waals surface area contributed by atoms with Crippen LogP contribution in [0.1, 0.15) is 93.4 Å². The molecule has 5 fully saturated rings. The molecule has 5 saturated carbocycles. The van der Waals surface area contributed by atoms with Gasteiger partial charge in [-0.15, -0.1) is 11.3 Å². The van der Waals surface area contributed by atoms with Crippen molar-refractivity contribution in [3.63, 3.8) is 0 Å². The maximum Gasteiger partial charge on any atom is 0.321 e. The highest BCUT2D eigenvalue weighted by Gasteiger charge is 2.58. The highest BCUT2D eigenvalue weighted by molar-refractivity contribution is 7.13. The third kappa shape index (κ3) is 3.76. The predicted octanol–water partition coefficient (Wildman–Crippen LogP) is 6.91. The zero-order chi connectivity index (χ0) is 21.8. The lowest BCUT2D eigenvalue weighted by molar-refractivity contribution is -0.0343. The Bertz CT molecular complexity index is 977. The van der Waals surface area contributed by atoms with Crippen molar-refractivity contribution in [3.05, 3.63) is 46.5 Å². The first-order chi connectivity index (χ1) is 15.5. The summed E-state index contributed by atoms with van der Waals surface area (Å²) in [6.07, 6.45) is 13.7. The number of aromatic nitrogens is 1. The standard InChI is InChI=1S/C27H35N3OS/c1-18-7-9-22(10-8-18)26-12-19-11-20(13-26)15-27(14-19,17-26)30-24(31)29-25-28-23(16-32-25)21-5-3-2-4-6-21/h7-10,16,19-21H,2-6,11-15,17H2,1H3,(H2,28,29,30,31). The van der Waals surface area contributed by atoms with Crippen LogP contribution in [0.4, 0.5) is 9.93 Å². The minimum atomic E-state index is -0.0670. The SMILES string of the molecule is Cc1ccc(C23CC4CC(CC(NC(=O)Nc5nc(C6CCCCC6)cs5)(C4)C2)C3)cc1. The van der Waals surface area contributed by atoms with Crippen LogP contribution < -0.4 is 10.6 Å². The Morgan fingerprint density at radius 3 is 2.47 bits per heavy atom.